The van der Waals surface area contributed by atoms with Crippen LogP contribution in [0.5, 0.6) is 11.5 Å². The summed E-state index contributed by atoms with van der Waals surface area (Å²) in [5.74, 6) is 1.61. The number of fused-ring (bicyclic) bond motifs is 1. The van der Waals surface area contributed by atoms with Crippen molar-refractivity contribution in [3.63, 3.8) is 0 Å². The van der Waals surface area contributed by atoms with E-state index in [1.165, 1.54) is 12.1 Å². The van der Waals surface area contributed by atoms with Gasteiger partial charge < -0.3 is 19.7 Å². The number of nitrogens with zero attached hydrogens (tertiary/aromatic N) is 3. The van der Waals surface area contributed by atoms with Crippen LogP contribution in [0.2, 0.25) is 0 Å². The Morgan fingerprint density at radius 2 is 2.00 bits per heavy atom. The predicted octanol–water partition coefficient (Wildman–Crippen LogP) is 2.71. The third kappa shape index (κ3) is 4.03. The fourth-order valence-corrected chi connectivity index (χ4v) is 4.73. The normalized spacial score (nSPS) is 18.8. The third-order valence-corrected chi connectivity index (χ3v) is 6.37. The smallest absolute Gasteiger partial charge is 0.274 e. The SMILES string of the molecule is COc1cccc(CNC2CCc3c(c(C(=O)N4CCCCC4)nn3C)C2)c1OC. The summed E-state index contributed by atoms with van der Waals surface area (Å²) in [5.41, 5.74) is 4.04. The van der Waals surface area contributed by atoms with E-state index in [1.807, 2.05) is 28.8 Å². The van der Waals surface area contributed by atoms with Crippen LogP contribution in [0.3, 0.4) is 0 Å². The van der Waals surface area contributed by atoms with E-state index >= 15 is 0 Å². The Bertz CT molecular complexity index is 902. The number of amides is 1. The number of benzene rings is 1. The molecule has 1 atom stereocenters. The highest BCUT2D eigenvalue weighted by molar-refractivity contribution is 5.94. The minimum Gasteiger partial charge on any atom is -0.493 e. The molecule has 1 saturated heterocycles. The first kappa shape index (κ1) is 20.7. The zero-order chi connectivity index (χ0) is 21.1. The zero-order valence-electron chi connectivity index (χ0n) is 18.2. The number of aryl methyl sites for hydroxylation is 1. The molecule has 7 heteroatoms. The Balaban J connectivity index is 1.48. The molecule has 2 aliphatic rings. The van der Waals surface area contributed by atoms with Crippen LogP contribution in [0.25, 0.3) is 0 Å². The van der Waals surface area contributed by atoms with Gasteiger partial charge in [0.25, 0.3) is 5.91 Å². The van der Waals surface area contributed by atoms with Gasteiger partial charge in [0.2, 0.25) is 0 Å². The van der Waals surface area contributed by atoms with Gasteiger partial charge in [-0.15, -0.1) is 0 Å². The van der Waals surface area contributed by atoms with Gasteiger partial charge in [0, 0.05) is 49.5 Å². The van der Waals surface area contributed by atoms with E-state index in [9.17, 15) is 4.79 Å². The standard InChI is InChI=1S/C23H32N4O3/c1-26-19-11-10-17(24-15-16-8-7-9-20(29-2)22(16)30-3)14-18(19)21(25-26)23(28)27-12-5-4-6-13-27/h7-9,17,24H,4-6,10-15H2,1-3H3. The number of hydrogen-bond donors (Lipinski definition) is 1. The predicted molar refractivity (Wildman–Crippen MR) is 115 cm³/mol. The number of nitrogens with one attached hydrogen (secondary N) is 1. The second-order valence-corrected chi connectivity index (χ2v) is 8.22. The molecule has 7 nitrogen and oxygen atoms in total. The molecule has 4 rings (SSSR count). The third-order valence-electron chi connectivity index (χ3n) is 6.37. The number of carbonyl (C=O) groups is 1. The molecule has 1 N–H and O–H groups in total. The molecular weight excluding hydrogens is 380 g/mol. The summed E-state index contributed by atoms with van der Waals surface area (Å²) in [6.45, 7) is 2.39. The summed E-state index contributed by atoms with van der Waals surface area (Å²) in [4.78, 5) is 15.1. The van der Waals surface area contributed by atoms with E-state index in [0.717, 1.165) is 67.8 Å². The number of aromatic nitrogens is 2. The molecule has 1 amide bonds. The van der Waals surface area contributed by atoms with Crippen molar-refractivity contribution < 1.29 is 14.3 Å². The summed E-state index contributed by atoms with van der Waals surface area (Å²) in [6, 6.07) is 6.24. The first-order valence-electron chi connectivity index (χ1n) is 10.9. The Morgan fingerprint density at radius 1 is 1.20 bits per heavy atom. The molecule has 0 bridgehead atoms. The Labute approximate surface area is 178 Å². The van der Waals surface area contributed by atoms with Crippen LogP contribution in [0.15, 0.2) is 18.2 Å². The van der Waals surface area contributed by atoms with Crippen LogP contribution < -0.4 is 14.8 Å². The number of piperidine rings is 1. The van der Waals surface area contributed by atoms with Crippen molar-refractivity contribution in [1.82, 2.24) is 20.0 Å². The lowest BCUT2D eigenvalue weighted by atomic mass is 9.90. The summed E-state index contributed by atoms with van der Waals surface area (Å²) in [7, 11) is 5.28. The molecule has 1 aromatic carbocycles. The van der Waals surface area contributed by atoms with Crippen molar-refractivity contribution in [2.45, 2.75) is 51.1 Å². The Morgan fingerprint density at radius 3 is 2.73 bits per heavy atom. The lowest BCUT2D eigenvalue weighted by Gasteiger charge is -2.28. The van der Waals surface area contributed by atoms with Crippen molar-refractivity contribution in [3.8, 4) is 11.5 Å². The number of para-hydroxylation sites is 1. The average Bonchev–Trinajstić information content (AvgIpc) is 3.13. The Kier molecular flexibility index (Phi) is 6.27. The highest BCUT2D eigenvalue weighted by Gasteiger charge is 2.30. The molecule has 30 heavy (non-hydrogen) atoms. The molecule has 2 heterocycles. The molecule has 2 aromatic rings. The maximum absolute atomic E-state index is 13.1. The maximum atomic E-state index is 13.1. The first-order valence-corrected chi connectivity index (χ1v) is 10.9. The van der Waals surface area contributed by atoms with Crippen LogP contribution in [0.4, 0.5) is 0 Å². The fraction of sp³-hybridized carbons (Fsp3) is 0.565. The van der Waals surface area contributed by atoms with Crippen LogP contribution in [0.1, 0.15) is 53.0 Å². The summed E-state index contributed by atoms with van der Waals surface area (Å²) in [6.07, 6.45) is 6.17. The minimum atomic E-state index is 0.0988. The van der Waals surface area contributed by atoms with Crippen molar-refractivity contribution >= 4 is 5.91 Å². The van der Waals surface area contributed by atoms with Crippen LogP contribution in [-0.2, 0) is 26.4 Å². The fourth-order valence-electron chi connectivity index (χ4n) is 4.73. The van der Waals surface area contributed by atoms with Crippen molar-refractivity contribution in [3.05, 3.63) is 40.7 Å². The van der Waals surface area contributed by atoms with Crippen LogP contribution in [0, 0.1) is 0 Å². The van der Waals surface area contributed by atoms with Gasteiger partial charge in [0.1, 0.15) is 0 Å². The van der Waals surface area contributed by atoms with Gasteiger partial charge in [0.15, 0.2) is 17.2 Å². The summed E-state index contributed by atoms with van der Waals surface area (Å²) < 4.78 is 12.9. The monoisotopic (exact) mass is 412 g/mol. The van der Waals surface area contributed by atoms with E-state index < -0.39 is 0 Å². The molecule has 1 fully saturated rings. The molecule has 0 radical (unpaired) electrons. The molecule has 1 aliphatic carbocycles. The van der Waals surface area contributed by atoms with Crippen molar-refractivity contribution in [2.75, 3.05) is 27.3 Å². The molecule has 1 unspecified atom stereocenters. The van der Waals surface area contributed by atoms with E-state index in [4.69, 9.17) is 9.47 Å². The van der Waals surface area contributed by atoms with E-state index in [1.54, 1.807) is 14.2 Å². The van der Waals surface area contributed by atoms with Gasteiger partial charge in [-0.3, -0.25) is 9.48 Å². The second-order valence-electron chi connectivity index (χ2n) is 8.22. The van der Waals surface area contributed by atoms with E-state index in [2.05, 4.69) is 16.5 Å². The van der Waals surface area contributed by atoms with Crippen molar-refractivity contribution in [2.24, 2.45) is 7.05 Å². The molecule has 162 valence electrons. The highest BCUT2D eigenvalue weighted by atomic mass is 16.5. The van der Waals surface area contributed by atoms with Crippen LogP contribution in [-0.4, -0.2) is 53.9 Å². The maximum Gasteiger partial charge on any atom is 0.274 e. The topological polar surface area (TPSA) is 68.6 Å². The lowest BCUT2D eigenvalue weighted by molar-refractivity contribution is 0.0716. The van der Waals surface area contributed by atoms with Gasteiger partial charge in [0.05, 0.1) is 14.2 Å². The van der Waals surface area contributed by atoms with Gasteiger partial charge in [-0.05, 0) is 44.6 Å². The van der Waals surface area contributed by atoms with Crippen molar-refractivity contribution in [1.29, 1.82) is 0 Å². The largest absolute Gasteiger partial charge is 0.493 e. The van der Waals surface area contributed by atoms with Gasteiger partial charge >= 0.3 is 0 Å². The number of carbonyl (C=O) groups excluding carboxylic acids is 1. The number of ether oxygens (including phenoxy) is 2. The molecule has 1 aliphatic heterocycles. The number of methoxy groups -OCH3 is 2. The van der Waals surface area contributed by atoms with Gasteiger partial charge in [-0.1, -0.05) is 12.1 Å². The quantitative estimate of drug-likeness (QED) is 0.790. The molecular formula is C23H32N4O3. The minimum absolute atomic E-state index is 0.0988. The lowest BCUT2D eigenvalue weighted by Crippen LogP contribution is -2.38. The molecule has 0 spiro atoms. The van der Waals surface area contributed by atoms with Crippen LogP contribution >= 0.6 is 0 Å². The molecule has 0 saturated carbocycles. The zero-order valence-corrected chi connectivity index (χ0v) is 18.2. The Hall–Kier alpha value is -2.54. The van der Waals surface area contributed by atoms with E-state index in [-0.39, 0.29) is 5.91 Å². The second kappa shape index (κ2) is 9.08. The van der Waals surface area contributed by atoms with E-state index in [0.29, 0.717) is 18.3 Å². The number of hydrogen-bond acceptors (Lipinski definition) is 5. The summed E-state index contributed by atoms with van der Waals surface area (Å²) >= 11 is 0. The van der Waals surface area contributed by atoms with Gasteiger partial charge in [-0.25, -0.2) is 0 Å². The first-order chi connectivity index (χ1) is 14.6. The summed E-state index contributed by atoms with van der Waals surface area (Å²) in [5, 5.41) is 8.29. The number of rotatable bonds is 6. The highest BCUT2D eigenvalue weighted by Crippen LogP contribution is 2.31. The van der Waals surface area contributed by atoms with Gasteiger partial charge in [-0.2, -0.15) is 5.10 Å². The average molecular weight is 413 g/mol. The number of likely N-dealkylation sites (tertiary alicyclic amines) is 1. The molecule has 1 aromatic heterocycles.